The van der Waals surface area contributed by atoms with Crippen LogP contribution in [-0.2, 0) is 7.05 Å². The van der Waals surface area contributed by atoms with E-state index in [0.29, 0.717) is 22.2 Å². The number of benzene rings is 1. The van der Waals surface area contributed by atoms with E-state index in [9.17, 15) is 9.90 Å². The Morgan fingerprint density at radius 3 is 2.58 bits per heavy atom. The molecule has 2 aromatic rings. The summed E-state index contributed by atoms with van der Waals surface area (Å²) >= 11 is 0. The van der Waals surface area contributed by atoms with Crippen molar-refractivity contribution >= 4 is 22.2 Å². The van der Waals surface area contributed by atoms with E-state index in [2.05, 4.69) is 18.3 Å². The minimum absolute atomic E-state index is 0.232. The zero-order chi connectivity index (χ0) is 26.3. The Kier molecular flexibility index (Phi) is 9.27. The third-order valence-corrected chi connectivity index (χ3v) is 6.74. The van der Waals surface area contributed by atoms with Crippen molar-refractivity contribution in [2.45, 2.75) is 71.8 Å². The van der Waals surface area contributed by atoms with Crippen molar-refractivity contribution in [1.82, 2.24) is 4.57 Å². The number of unbranched alkanes of at least 4 members (excludes halogenated alkanes) is 1. The lowest BCUT2D eigenvalue weighted by atomic mass is 9.74. The van der Waals surface area contributed by atoms with Gasteiger partial charge in [-0.25, -0.2) is 4.39 Å². The molecule has 1 fully saturated rings. The summed E-state index contributed by atoms with van der Waals surface area (Å²) < 4.78 is 17.2. The Morgan fingerprint density at radius 1 is 1.22 bits per heavy atom. The molecule has 1 aromatic heterocycles. The van der Waals surface area contributed by atoms with Gasteiger partial charge in [0.2, 0.25) is 0 Å². The normalized spacial score (nSPS) is 16.8. The molecule has 0 radical (unpaired) electrons. The summed E-state index contributed by atoms with van der Waals surface area (Å²) in [5, 5.41) is 14.4. The van der Waals surface area contributed by atoms with Gasteiger partial charge in [-0.1, -0.05) is 56.7 Å². The van der Waals surface area contributed by atoms with Crippen molar-refractivity contribution in [1.29, 1.82) is 0 Å². The van der Waals surface area contributed by atoms with Gasteiger partial charge in [-0.3, -0.25) is 4.79 Å². The lowest BCUT2D eigenvalue weighted by Crippen LogP contribution is -2.38. The van der Waals surface area contributed by atoms with Crippen LogP contribution < -0.4 is 10.9 Å². The molecule has 3 rings (SSSR count). The SMILES string of the molecule is C/C=C\C(=C\CC)c1ccc2c(cc(N/C(C)=C/C=C(\C=C\CCC)C3(O)CCC3)c(=O)n2C)c1F. The number of aromatic nitrogens is 1. The molecule has 0 bridgehead atoms. The molecular weight excluding hydrogens is 451 g/mol. The molecule has 1 aliphatic rings. The summed E-state index contributed by atoms with van der Waals surface area (Å²) in [6.07, 6.45) is 19.0. The standard InChI is InChI=1S/C31H39FN2O2/c1-6-9-10-14-24(31(36)19-11-20-31)16-15-22(4)33-27-21-26-28(34(5)30(27)35)18-17-25(29(26)32)23(12-7-2)13-8-3/h7,10,12-18,21,33,36H,6,8-9,11,19-20H2,1-5H3/b12-7-,14-10+,22-15+,23-13-,24-16+. The number of hydrogen-bond acceptors (Lipinski definition) is 3. The number of pyridine rings is 1. The summed E-state index contributed by atoms with van der Waals surface area (Å²) in [5.41, 5.74) is 2.78. The van der Waals surface area contributed by atoms with Gasteiger partial charge in [-0.15, -0.1) is 0 Å². The average Bonchev–Trinajstić information content (AvgIpc) is 2.83. The number of allylic oxidation sites excluding steroid dienone is 8. The van der Waals surface area contributed by atoms with Crippen LogP contribution >= 0.6 is 0 Å². The van der Waals surface area contributed by atoms with Crippen molar-refractivity contribution < 1.29 is 9.50 Å². The van der Waals surface area contributed by atoms with E-state index in [-0.39, 0.29) is 11.4 Å². The van der Waals surface area contributed by atoms with Gasteiger partial charge in [-0.2, -0.15) is 0 Å². The quantitative estimate of drug-likeness (QED) is 0.338. The molecule has 1 saturated carbocycles. The molecule has 0 atom stereocenters. The molecule has 0 amide bonds. The number of aryl methyl sites for hydroxylation is 1. The average molecular weight is 491 g/mol. The maximum absolute atomic E-state index is 15.7. The van der Waals surface area contributed by atoms with Crippen molar-refractivity contribution in [3.05, 3.63) is 93.7 Å². The Labute approximate surface area is 214 Å². The van der Waals surface area contributed by atoms with E-state index in [0.717, 1.165) is 55.4 Å². The molecule has 1 heterocycles. The lowest BCUT2D eigenvalue weighted by molar-refractivity contribution is 0.00592. The van der Waals surface area contributed by atoms with Gasteiger partial charge >= 0.3 is 0 Å². The minimum Gasteiger partial charge on any atom is -0.385 e. The molecule has 0 unspecified atom stereocenters. The monoisotopic (exact) mass is 490 g/mol. The largest absolute Gasteiger partial charge is 0.385 e. The Bertz CT molecular complexity index is 1300. The van der Waals surface area contributed by atoms with Crippen LogP contribution in [-0.4, -0.2) is 15.3 Å². The van der Waals surface area contributed by atoms with Gasteiger partial charge in [0.05, 0.1) is 11.1 Å². The number of fused-ring (bicyclic) bond motifs is 1. The molecule has 4 nitrogen and oxygen atoms in total. The van der Waals surface area contributed by atoms with Gasteiger partial charge in [0.25, 0.3) is 5.56 Å². The van der Waals surface area contributed by atoms with E-state index in [1.165, 1.54) is 4.57 Å². The van der Waals surface area contributed by atoms with Gasteiger partial charge in [0.15, 0.2) is 0 Å². The predicted octanol–water partition coefficient (Wildman–Crippen LogP) is 7.56. The van der Waals surface area contributed by atoms with Crippen LogP contribution in [0, 0.1) is 5.82 Å². The summed E-state index contributed by atoms with van der Waals surface area (Å²) in [7, 11) is 1.66. The van der Waals surface area contributed by atoms with Gasteiger partial charge in [-0.05, 0) is 81.4 Å². The molecule has 36 heavy (non-hydrogen) atoms. The summed E-state index contributed by atoms with van der Waals surface area (Å²) in [4.78, 5) is 13.0. The van der Waals surface area contributed by atoms with Crippen molar-refractivity contribution in [3.8, 4) is 0 Å². The maximum Gasteiger partial charge on any atom is 0.274 e. The van der Waals surface area contributed by atoms with Crippen LogP contribution in [0.15, 0.2) is 76.8 Å². The zero-order valence-electron chi connectivity index (χ0n) is 22.2. The number of aliphatic hydroxyl groups is 1. The van der Waals surface area contributed by atoms with Crippen LogP contribution in [0.2, 0.25) is 0 Å². The van der Waals surface area contributed by atoms with Crippen molar-refractivity contribution in [3.63, 3.8) is 0 Å². The van der Waals surface area contributed by atoms with Gasteiger partial charge < -0.3 is 15.0 Å². The second-order valence-corrected chi connectivity index (χ2v) is 9.52. The molecule has 5 heteroatoms. The first-order chi connectivity index (χ1) is 17.3. The van der Waals surface area contributed by atoms with Crippen molar-refractivity contribution in [2.24, 2.45) is 7.05 Å². The van der Waals surface area contributed by atoms with Crippen LogP contribution in [0.4, 0.5) is 10.1 Å². The van der Waals surface area contributed by atoms with Crippen LogP contribution in [0.3, 0.4) is 0 Å². The number of nitrogens with one attached hydrogen (secondary N) is 1. The van der Waals surface area contributed by atoms with E-state index >= 15 is 4.39 Å². The Balaban J connectivity index is 2.01. The van der Waals surface area contributed by atoms with E-state index in [4.69, 9.17) is 0 Å². The second kappa shape index (κ2) is 12.2. The smallest absolute Gasteiger partial charge is 0.274 e. The van der Waals surface area contributed by atoms with Gasteiger partial charge in [0, 0.05) is 23.7 Å². The van der Waals surface area contributed by atoms with Crippen LogP contribution in [0.25, 0.3) is 16.5 Å². The minimum atomic E-state index is -0.781. The maximum atomic E-state index is 15.7. The van der Waals surface area contributed by atoms with Crippen LogP contribution in [0.5, 0.6) is 0 Å². The highest BCUT2D eigenvalue weighted by atomic mass is 19.1. The second-order valence-electron chi connectivity index (χ2n) is 9.52. The highest BCUT2D eigenvalue weighted by Crippen LogP contribution is 2.39. The molecule has 1 aliphatic carbocycles. The molecular formula is C31H39FN2O2. The van der Waals surface area contributed by atoms with E-state index in [1.54, 1.807) is 25.2 Å². The topological polar surface area (TPSA) is 54.3 Å². The third-order valence-electron chi connectivity index (χ3n) is 6.74. The van der Waals surface area contributed by atoms with Gasteiger partial charge in [0.1, 0.15) is 11.5 Å². The molecule has 0 aliphatic heterocycles. The first kappa shape index (κ1) is 27.4. The fourth-order valence-corrected chi connectivity index (χ4v) is 4.50. The van der Waals surface area contributed by atoms with Crippen LogP contribution in [0.1, 0.15) is 71.8 Å². The predicted molar refractivity (Wildman–Crippen MR) is 151 cm³/mol. The molecule has 192 valence electrons. The molecule has 2 N–H and O–H groups in total. The summed E-state index contributed by atoms with van der Waals surface area (Å²) in [6, 6.07) is 5.13. The first-order valence-electron chi connectivity index (χ1n) is 13.0. The third kappa shape index (κ3) is 5.96. The number of rotatable bonds is 10. The summed E-state index contributed by atoms with van der Waals surface area (Å²) in [6.45, 7) is 7.91. The highest BCUT2D eigenvalue weighted by Gasteiger charge is 2.36. The molecule has 0 saturated heterocycles. The number of hydrogen-bond donors (Lipinski definition) is 2. The zero-order valence-corrected chi connectivity index (χ0v) is 22.2. The van der Waals surface area contributed by atoms with E-state index in [1.807, 2.05) is 57.2 Å². The molecule has 1 aromatic carbocycles. The number of nitrogens with zero attached hydrogens (tertiary/aromatic N) is 1. The lowest BCUT2D eigenvalue weighted by Gasteiger charge is -2.37. The first-order valence-corrected chi connectivity index (χ1v) is 13.0. The fraction of sp³-hybridized carbons (Fsp3) is 0.387. The number of halogens is 1. The highest BCUT2D eigenvalue weighted by molar-refractivity contribution is 5.88. The number of anilines is 1. The van der Waals surface area contributed by atoms with E-state index < -0.39 is 5.60 Å². The Morgan fingerprint density at radius 2 is 1.97 bits per heavy atom. The fourth-order valence-electron chi connectivity index (χ4n) is 4.50. The Hall–Kier alpha value is -3.18. The summed E-state index contributed by atoms with van der Waals surface area (Å²) in [5.74, 6) is -0.346. The van der Waals surface area contributed by atoms with Crippen molar-refractivity contribution in [2.75, 3.05) is 5.32 Å². The molecule has 0 spiro atoms.